The average Bonchev–Trinajstić information content (AvgIpc) is 2.93. The van der Waals surface area contributed by atoms with Gasteiger partial charge in [-0.1, -0.05) is 13.0 Å². The maximum atomic E-state index is 8.65. The lowest BCUT2D eigenvalue weighted by Gasteiger charge is -2.30. The van der Waals surface area contributed by atoms with Crippen molar-refractivity contribution in [3.8, 4) is 17.3 Å². The Labute approximate surface area is 216 Å². The summed E-state index contributed by atoms with van der Waals surface area (Å²) in [5.74, 6) is 1.53. The molecule has 1 saturated heterocycles. The van der Waals surface area contributed by atoms with Crippen LogP contribution in [-0.2, 0) is 0 Å². The van der Waals surface area contributed by atoms with Crippen molar-refractivity contribution in [2.75, 3.05) is 44.3 Å². The van der Waals surface area contributed by atoms with Crippen LogP contribution in [0.5, 0.6) is 5.88 Å². The first-order chi connectivity index (χ1) is 18.1. The van der Waals surface area contributed by atoms with Crippen LogP contribution in [-0.4, -0.2) is 59.0 Å². The summed E-state index contributed by atoms with van der Waals surface area (Å²) in [4.78, 5) is 15.8. The number of hydrogen-bond donors (Lipinski definition) is 5. The molecule has 0 saturated carbocycles. The Bertz CT molecular complexity index is 1380. The molecule has 10 nitrogen and oxygen atoms in total. The predicted octanol–water partition coefficient (Wildman–Crippen LogP) is 3.43. The SMILES string of the molecule is CC/C=C1\NC=Cc2cc(-c3cncc(OC)n3)nc(Nc3ccc(C(=N)N4CCNCC4)c(N)c3)c21. The van der Waals surface area contributed by atoms with E-state index >= 15 is 0 Å². The summed E-state index contributed by atoms with van der Waals surface area (Å²) in [7, 11) is 1.56. The second-order valence-electron chi connectivity index (χ2n) is 8.78. The molecule has 37 heavy (non-hydrogen) atoms. The van der Waals surface area contributed by atoms with E-state index in [0.717, 1.165) is 60.7 Å². The first kappa shape index (κ1) is 24.3. The molecule has 0 amide bonds. The number of nitrogens with two attached hydrogens (primary N) is 1. The minimum absolute atomic E-state index is 0.422. The molecule has 2 aliphatic heterocycles. The van der Waals surface area contributed by atoms with Crippen molar-refractivity contribution in [3.05, 3.63) is 65.6 Å². The predicted molar refractivity (Wildman–Crippen MR) is 148 cm³/mol. The number of pyridine rings is 1. The van der Waals surface area contributed by atoms with Crippen LogP contribution in [0.4, 0.5) is 17.2 Å². The number of aromatic nitrogens is 3. The Morgan fingerprint density at radius 2 is 2.03 bits per heavy atom. The van der Waals surface area contributed by atoms with Crippen molar-refractivity contribution in [1.29, 1.82) is 5.41 Å². The van der Waals surface area contributed by atoms with Gasteiger partial charge in [0.1, 0.15) is 17.3 Å². The van der Waals surface area contributed by atoms with E-state index in [1.165, 1.54) is 0 Å². The van der Waals surface area contributed by atoms with Gasteiger partial charge in [-0.25, -0.2) is 9.97 Å². The van der Waals surface area contributed by atoms with E-state index in [0.29, 0.717) is 34.6 Å². The first-order valence-electron chi connectivity index (χ1n) is 12.3. The lowest BCUT2D eigenvalue weighted by molar-refractivity contribution is 0.356. The molecule has 190 valence electrons. The van der Waals surface area contributed by atoms with E-state index in [1.807, 2.05) is 41.4 Å². The average molecular weight is 498 g/mol. The fourth-order valence-electron chi connectivity index (χ4n) is 4.48. The molecule has 2 aliphatic rings. The first-order valence-corrected chi connectivity index (χ1v) is 12.3. The highest BCUT2D eigenvalue weighted by molar-refractivity contribution is 6.01. The number of amidine groups is 1. The molecule has 2 aromatic heterocycles. The van der Waals surface area contributed by atoms with E-state index < -0.39 is 0 Å². The van der Waals surface area contributed by atoms with Crippen molar-refractivity contribution in [3.63, 3.8) is 0 Å². The van der Waals surface area contributed by atoms with Gasteiger partial charge in [0.15, 0.2) is 0 Å². The third kappa shape index (κ3) is 5.10. The van der Waals surface area contributed by atoms with Gasteiger partial charge >= 0.3 is 0 Å². The summed E-state index contributed by atoms with van der Waals surface area (Å²) >= 11 is 0. The molecule has 0 atom stereocenters. The van der Waals surface area contributed by atoms with Gasteiger partial charge in [0.2, 0.25) is 5.88 Å². The number of ether oxygens (including phenoxy) is 1. The van der Waals surface area contributed by atoms with Crippen LogP contribution >= 0.6 is 0 Å². The molecule has 0 bridgehead atoms. The molecule has 6 N–H and O–H groups in total. The van der Waals surface area contributed by atoms with Gasteiger partial charge in [-0.3, -0.25) is 10.4 Å². The lowest BCUT2D eigenvalue weighted by Crippen LogP contribution is -2.46. The van der Waals surface area contributed by atoms with Crippen molar-refractivity contribution in [2.24, 2.45) is 0 Å². The quantitative estimate of drug-likeness (QED) is 0.197. The minimum atomic E-state index is 0.422. The van der Waals surface area contributed by atoms with Crippen LogP contribution in [0, 0.1) is 5.41 Å². The number of nitrogens with one attached hydrogen (secondary N) is 4. The molecule has 0 unspecified atom stereocenters. The number of nitrogens with zero attached hydrogens (tertiary/aromatic N) is 4. The largest absolute Gasteiger partial charge is 0.480 e. The van der Waals surface area contributed by atoms with Gasteiger partial charge in [-0.2, -0.15) is 0 Å². The summed E-state index contributed by atoms with van der Waals surface area (Å²) < 4.78 is 5.26. The number of piperazine rings is 1. The zero-order chi connectivity index (χ0) is 25.8. The molecule has 5 rings (SSSR count). The Hall–Kier alpha value is -4.44. The van der Waals surface area contributed by atoms with Crippen LogP contribution in [0.3, 0.4) is 0 Å². The maximum Gasteiger partial charge on any atom is 0.232 e. The van der Waals surface area contributed by atoms with Crippen molar-refractivity contribution >= 4 is 34.8 Å². The van der Waals surface area contributed by atoms with E-state index in [4.69, 9.17) is 20.9 Å². The zero-order valence-corrected chi connectivity index (χ0v) is 21.0. The number of nitrogen functional groups attached to an aromatic ring is 1. The highest BCUT2D eigenvalue weighted by Crippen LogP contribution is 2.35. The monoisotopic (exact) mass is 497 g/mol. The number of fused-ring (bicyclic) bond motifs is 1. The topological polar surface area (TPSA) is 137 Å². The van der Waals surface area contributed by atoms with Crippen LogP contribution in [0.25, 0.3) is 23.2 Å². The number of benzene rings is 1. The third-order valence-corrected chi connectivity index (χ3v) is 6.32. The fourth-order valence-corrected chi connectivity index (χ4v) is 4.48. The van der Waals surface area contributed by atoms with Gasteiger partial charge in [-0.05, 0) is 42.3 Å². The lowest BCUT2D eigenvalue weighted by atomic mass is 10.00. The van der Waals surface area contributed by atoms with Crippen molar-refractivity contribution in [1.82, 2.24) is 30.5 Å². The molecule has 0 radical (unpaired) electrons. The molecular weight excluding hydrogens is 466 g/mol. The van der Waals surface area contributed by atoms with Crippen LogP contribution < -0.4 is 26.4 Å². The van der Waals surface area contributed by atoms with E-state index in [-0.39, 0.29) is 0 Å². The smallest absolute Gasteiger partial charge is 0.232 e. The molecule has 1 aromatic carbocycles. The van der Waals surface area contributed by atoms with Gasteiger partial charge in [0.25, 0.3) is 0 Å². The minimum Gasteiger partial charge on any atom is -0.480 e. The Balaban J connectivity index is 1.53. The van der Waals surface area contributed by atoms with E-state index in [1.54, 1.807) is 19.5 Å². The molecular formula is C27H31N9O. The van der Waals surface area contributed by atoms with Gasteiger partial charge < -0.3 is 31.3 Å². The summed E-state index contributed by atoms with van der Waals surface area (Å²) in [6.45, 7) is 5.41. The molecule has 4 heterocycles. The van der Waals surface area contributed by atoms with Gasteiger partial charge in [-0.15, -0.1) is 0 Å². The van der Waals surface area contributed by atoms with Crippen LogP contribution in [0.1, 0.15) is 30.0 Å². The summed E-state index contributed by atoms with van der Waals surface area (Å²) in [6.07, 6.45) is 10.2. The normalized spacial score (nSPS) is 15.7. The third-order valence-electron chi connectivity index (χ3n) is 6.32. The van der Waals surface area contributed by atoms with Crippen molar-refractivity contribution in [2.45, 2.75) is 13.3 Å². The molecule has 0 aliphatic carbocycles. The number of rotatable bonds is 6. The summed E-state index contributed by atoms with van der Waals surface area (Å²) in [5, 5.41) is 18.8. The van der Waals surface area contributed by atoms with Gasteiger partial charge in [0.05, 0.1) is 25.2 Å². The number of allylic oxidation sites excluding steroid dienone is 1. The summed E-state index contributed by atoms with van der Waals surface area (Å²) in [6, 6.07) is 7.68. The number of methoxy groups -OCH3 is 1. The fraction of sp³-hybridized carbons (Fsp3) is 0.259. The molecule has 1 fully saturated rings. The standard InChI is InChI=1S/C27H31N9O/c1-3-4-21-25-17(7-8-32-21)13-22(23-15-31-16-24(34-23)37-2)35-27(25)33-18-5-6-19(20(28)14-18)26(29)36-11-9-30-10-12-36/h4-8,13-16,29-30,32H,3,9-12,28H2,1-2H3,(H,33,35)/b21-4-,29-26?. The maximum absolute atomic E-state index is 8.65. The Kier molecular flexibility index (Phi) is 7.00. The second-order valence-corrected chi connectivity index (χ2v) is 8.78. The highest BCUT2D eigenvalue weighted by atomic mass is 16.5. The highest BCUT2D eigenvalue weighted by Gasteiger charge is 2.21. The van der Waals surface area contributed by atoms with Gasteiger partial charge in [0, 0.05) is 60.6 Å². The zero-order valence-electron chi connectivity index (χ0n) is 21.0. The number of hydrogen-bond acceptors (Lipinski definition) is 9. The van der Waals surface area contributed by atoms with E-state index in [9.17, 15) is 0 Å². The van der Waals surface area contributed by atoms with E-state index in [2.05, 4.69) is 38.9 Å². The Morgan fingerprint density at radius 1 is 1.19 bits per heavy atom. The molecule has 3 aromatic rings. The van der Waals surface area contributed by atoms with Crippen molar-refractivity contribution < 1.29 is 4.74 Å². The second kappa shape index (κ2) is 10.7. The van der Waals surface area contributed by atoms with Crippen LogP contribution in [0.15, 0.2) is 48.9 Å². The molecule has 0 spiro atoms. The number of anilines is 3. The Morgan fingerprint density at radius 3 is 2.78 bits per heavy atom. The molecule has 10 heteroatoms. The van der Waals surface area contributed by atoms with Crippen LogP contribution in [0.2, 0.25) is 0 Å². The summed E-state index contributed by atoms with van der Waals surface area (Å²) in [5.41, 5.74) is 12.7.